The minimum Gasteiger partial charge on any atom is -0.295 e. The molecule has 0 bridgehead atoms. The molecule has 1 aromatic rings. The minimum atomic E-state index is -0.888. The predicted octanol–water partition coefficient (Wildman–Crippen LogP) is 1.45. The van der Waals surface area contributed by atoms with Crippen LogP contribution in [0.3, 0.4) is 0 Å². The smallest absolute Gasteiger partial charge is 0.242 e. The van der Waals surface area contributed by atoms with Gasteiger partial charge in [-0.1, -0.05) is 37.3 Å². The van der Waals surface area contributed by atoms with E-state index in [4.69, 9.17) is 0 Å². The molecule has 0 spiro atoms. The van der Waals surface area contributed by atoms with E-state index in [-0.39, 0.29) is 17.7 Å². The molecule has 1 unspecified atom stereocenters. The molecule has 1 aromatic carbocycles. The molecule has 15 heavy (non-hydrogen) atoms. The maximum absolute atomic E-state index is 11.4. The van der Waals surface area contributed by atoms with E-state index in [9.17, 15) is 9.59 Å². The highest BCUT2D eigenvalue weighted by Crippen LogP contribution is 2.40. The molecule has 78 valence electrons. The lowest BCUT2D eigenvalue weighted by Gasteiger charge is -2.40. The third-order valence-electron chi connectivity index (χ3n) is 3.34. The number of β-lactam (4-membered cyclic amide) rings is 2. The van der Waals surface area contributed by atoms with Crippen molar-refractivity contribution in [2.24, 2.45) is 5.41 Å². The molecule has 0 aliphatic carbocycles. The van der Waals surface area contributed by atoms with Crippen LogP contribution in [0, 0.1) is 5.41 Å². The maximum atomic E-state index is 11.4. The number of rotatable bonds is 2. The normalized spacial score (nSPS) is 20.4. The summed E-state index contributed by atoms with van der Waals surface area (Å²) in [4.78, 5) is 22.9. The van der Waals surface area contributed by atoms with Crippen LogP contribution < -0.4 is 5.32 Å². The number of nitrogens with one attached hydrogen (secondary N) is 1. The van der Waals surface area contributed by atoms with Crippen molar-refractivity contribution < 1.29 is 9.59 Å². The maximum Gasteiger partial charge on any atom is 0.242 e. The highest BCUT2D eigenvalue weighted by molar-refractivity contribution is 6.22. The summed E-state index contributed by atoms with van der Waals surface area (Å²) in [7, 11) is 0. The largest absolute Gasteiger partial charge is 0.295 e. The van der Waals surface area contributed by atoms with Crippen LogP contribution in [0.2, 0.25) is 0 Å². The molecule has 3 nitrogen and oxygen atoms in total. The van der Waals surface area contributed by atoms with Gasteiger partial charge >= 0.3 is 0 Å². The summed E-state index contributed by atoms with van der Waals surface area (Å²) in [5.41, 5.74) is 0.129. The van der Waals surface area contributed by atoms with Crippen LogP contribution in [0.25, 0.3) is 0 Å². The van der Waals surface area contributed by atoms with Gasteiger partial charge in [-0.3, -0.25) is 14.9 Å². The van der Waals surface area contributed by atoms with E-state index >= 15 is 0 Å². The van der Waals surface area contributed by atoms with Gasteiger partial charge in [-0.25, -0.2) is 0 Å². The molecule has 1 aliphatic heterocycles. The van der Waals surface area contributed by atoms with E-state index in [1.807, 2.05) is 37.3 Å². The molecular formula is C12H13NO2. The number of hydrogen-bond acceptors (Lipinski definition) is 2. The second kappa shape index (κ2) is 3.19. The van der Waals surface area contributed by atoms with E-state index in [1.165, 1.54) is 0 Å². The fraction of sp³-hybridized carbons (Fsp3) is 0.333. The molecule has 0 radical (unpaired) electrons. The Labute approximate surface area is 88.5 Å². The Bertz CT molecular complexity index is 397. The summed E-state index contributed by atoms with van der Waals surface area (Å²) < 4.78 is 0. The number of hydrogen-bond donors (Lipinski definition) is 1. The Morgan fingerprint density at radius 3 is 2.13 bits per heavy atom. The standard InChI is InChI=1S/C12H13NO2/c1-8(9-6-4-3-5-7-9)12(2)10(14)13-11(12)15/h3-8H,1-2H3,(H,13,14,15). The third kappa shape index (κ3) is 1.27. The number of carbonyl (C=O) groups excluding carboxylic acids is 2. The number of benzene rings is 1. The van der Waals surface area contributed by atoms with Crippen molar-refractivity contribution >= 4 is 11.8 Å². The van der Waals surface area contributed by atoms with Crippen LogP contribution in [-0.4, -0.2) is 11.8 Å². The lowest BCUT2D eigenvalue weighted by atomic mass is 9.69. The van der Waals surface area contributed by atoms with Crippen molar-refractivity contribution in [1.29, 1.82) is 0 Å². The average Bonchev–Trinajstić information content (AvgIpc) is 2.28. The summed E-state index contributed by atoms with van der Waals surface area (Å²) in [5.74, 6) is -0.437. The van der Waals surface area contributed by atoms with Crippen molar-refractivity contribution in [2.45, 2.75) is 19.8 Å². The zero-order chi connectivity index (χ0) is 11.1. The van der Waals surface area contributed by atoms with Crippen LogP contribution in [0.4, 0.5) is 0 Å². The van der Waals surface area contributed by atoms with Gasteiger partial charge in [0.15, 0.2) is 0 Å². The Hall–Kier alpha value is -1.64. The molecule has 1 N–H and O–H groups in total. The molecule has 1 atom stereocenters. The first kappa shape index (κ1) is 9.90. The fourth-order valence-electron chi connectivity index (χ4n) is 1.87. The zero-order valence-electron chi connectivity index (χ0n) is 8.78. The van der Waals surface area contributed by atoms with Crippen molar-refractivity contribution in [1.82, 2.24) is 5.32 Å². The molecule has 0 saturated carbocycles. The van der Waals surface area contributed by atoms with E-state index in [0.717, 1.165) is 5.56 Å². The van der Waals surface area contributed by atoms with Gasteiger partial charge in [0.2, 0.25) is 11.8 Å². The summed E-state index contributed by atoms with van der Waals surface area (Å²) in [6, 6.07) is 9.62. The van der Waals surface area contributed by atoms with Gasteiger partial charge in [-0.2, -0.15) is 0 Å². The van der Waals surface area contributed by atoms with Crippen molar-refractivity contribution in [3.63, 3.8) is 0 Å². The number of amides is 2. The van der Waals surface area contributed by atoms with Crippen LogP contribution in [-0.2, 0) is 9.59 Å². The van der Waals surface area contributed by atoms with Gasteiger partial charge in [-0.15, -0.1) is 0 Å². The van der Waals surface area contributed by atoms with Gasteiger partial charge in [-0.05, 0) is 12.5 Å². The number of imide groups is 1. The third-order valence-corrected chi connectivity index (χ3v) is 3.34. The molecule has 2 rings (SSSR count). The predicted molar refractivity (Wildman–Crippen MR) is 56.1 cm³/mol. The summed E-state index contributed by atoms with van der Waals surface area (Å²) in [5, 5.41) is 2.27. The fourth-order valence-corrected chi connectivity index (χ4v) is 1.87. The van der Waals surface area contributed by atoms with Crippen molar-refractivity contribution in [3.8, 4) is 0 Å². The quantitative estimate of drug-likeness (QED) is 0.584. The Kier molecular flexibility index (Phi) is 2.11. The van der Waals surface area contributed by atoms with Crippen LogP contribution in [0.5, 0.6) is 0 Å². The highest BCUT2D eigenvalue weighted by Gasteiger charge is 2.55. The lowest BCUT2D eigenvalue weighted by molar-refractivity contribution is -0.157. The van der Waals surface area contributed by atoms with E-state index in [2.05, 4.69) is 5.32 Å². The van der Waals surface area contributed by atoms with E-state index in [0.29, 0.717) is 0 Å². The average molecular weight is 203 g/mol. The molecule has 1 aliphatic rings. The van der Waals surface area contributed by atoms with Crippen molar-refractivity contribution in [3.05, 3.63) is 35.9 Å². The molecule has 1 fully saturated rings. The van der Waals surface area contributed by atoms with E-state index in [1.54, 1.807) is 6.92 Å². The number of carbonyl (C=O) groups is 2. The first-order valence-corrected chi connectivity index (χ1v) is 4.97. The SMILES string of the molecule is CC(c1ccccc1)C1(C)C(=O)NC1=O. The Balaban J connectivity index is 2.33. The van der Waals surface area contributed by atoms with Gasteiger partial charge < -0.3 is 0 Å². The molecule has 2 amide bonds. The molecule has 0 aromatic heterocycles. The lowest BCUT2D eigenvalue weighted by Crippen LogP contribution is -2.64. The summed E-state index contributed by atoms with van der Waals surface area (Å²) in [6.45, 7) is 3.61. The van der Waals surface area contributed by atoms with E-state index < -0.39 is 5.41 Å². The highest BCUT2D eigenvalue weighted by atomic mass is 16.2. The summed E-state index contributed by atoms with van der Waals surface area (Å²) in [6.07, 6.45) is 0. The van der Waals surface area contributed by atoms with Crippen LogP contribution in [0.15, 0.2) is 30.3 Å². The minimum absolute atomic E-state index is 0.0834. The Morgan fingerprint density at radius 1 is 1.13 bits per heavy atom. The second-order valence-corrected chi connectivity index (χ2v) is 4.12. The topological polar surface area (TPSA) is 46.2 Å². The van der Waals surface area contributed by atoms with Crippen LogP contribution >= 0.6 is 0 Å². The first-order valence-electron chi connectivity index (χ1n) is 4.97. The first-order chi connectivity index (χ1) is 7.06. The van der Waals surface area contributed by atoms with Crippen molar-refractivity contribution in [2.75, 3.05) is 0 Å². The Morgan fingerprint density at radius 2 is 1.67 bits per heavy atom. The van der Waals surface area contributed by atoms with Gasteiger partial charge in [0.05, 0.1) is 0 Å². The monoisotopic (exact) mass is 203 g/mol. The molecular weight excluding hydrogens is 190 g/mol. The second-order valence-electron chi connectivity index (χ2n) is 4.12. The summed E-state index contributed by atoms with van der Waals surface area (Å²) >= 11 is 0. The zero-order valence-corrected chi connectivity index (χ0v) is 8.78. The van der Waals surface area contributed by atoms with Gasteiger partial charge in [0.25, 0.3) is 0 Å². The molecule has 1 saturated heterocycles. The molecule has 1 heterocycles. The van der Waals surface area contributed by atoms with Crippen LogP contribution in [0.1, 0.15) is 25.3 Å². The van der Waals surface area contributed by atoms with Gasteiger partial charge in [0.1, 0.15) is 5.41 Å². The molecule has 3 heteroatoms. The van der Waals surface area contributed by atoms with Gasteiger partial charge in [0, 0.05) is 5.92 Å².